The van der Waals surface area contributed by atoms with E-state index in [1.54, 1.807) is 17.0 Å². The third-order valence-corrected chi connectivity index (χ3v) is 6.67. The Bertz CT molecular complexity index is 1620. The van der Waals surface area contributed by atoms with Crippen molar-refractivity contribution in [3.05, 3.63) is 103 Å². The van der Waals surface area contributed by atoms with E-state index in [9.17, 15) is 14.4 Å². The van der Waals surface area contributed by atoms with Gasteiger partial charge in [0.1, 0.15) is 17.9 Å². The molecular weight excluding hydrogens is 518 g/mol. The van der Waals surface area contributed by atoms with Gasteiger partial charge in [-0.3, -0.25) is 24.4 Å². The average molecular weight is 550 g/mol. The van der Waals surface area contributed by atoms with Gasteiger partial charge in [-0.05, 0) is 69.3 Å². The van der Waals surface area contributed by atoms with Crippen LogP contribution in [0.15, 0.2) is 96.8 Å². The first-order chi connectivity index (χ1) is 19.9. The molecule has 208 valence electrons. The number of ether oxygens (including phenoxy) is 1. The predicted molar refractivity (Wildman–Crippen MR) is 159 cm³/mol. The first-order valence-corrected chi connectivity index (χ1v) is 13.4. The lowest BCUT2D eigenvalue weighted by atomic mass is 10.1. The monoisotopic (exact) mass is 549 g/mol. The van der Waals surface area contributed by atoms with Crippen LogP contribution in [-0.4, -0.2) is 52.0 Å². The maximum absolute atomic E-state index is 13.9. The second-order valence-electron chi connectivity index (χ2n) is 9.74. The van der Waals surface area contributed by atoms with Gasteiger partial charge in [-0.2, -0.15) is 5.10 Å². The number of carbonyl (C=O) groups excluding carboxylic acids is 3. The Hall–Kier alpha value is -5.18. The highest BCUT2D eigenvalue weighted by atomic mass is 16.5. The molecule has 3 aromatic carbocycles. The lowest BCUT2D eigenvalue weighted by Crippen LogP contribution is -2.44. The van der Waals surface area contributed by atoms with Crippen LogP contribution in [0.2, 0.25) is 0 Å². The number of para-hydroxylation sites is 2. The number of nitrogens with one attached hydrogen (secondary N) is 1. The minimum atomic E-state index is -0.591. The zero-order valence-electron chi connectivity index (χ0n) is 23.2. The zero-order chi connectivity index (χ0) is 28.9. The van der Waals surface area contributed by atoms with E-state index in [0.717, 1.165) is 5.39 Å². The van der Waals surface area contributed by atoms with Gasteiger partial charge in [0.2, 0.25) is 5.91 Å². The number of amides is 3. The molecule has 2 heterocycles. The Morgan fingerprint density at radius 2 is 1.66 bits per heavy atom. The molecule has 0 atom stereocenters. The van der Waals surface area contributed by atoms with Gasteiger partial charge in [0.25, 0.3) is 11.8 Å². The Labute approximate surface area is 238 Å². The maximum Gasteiger partial charge on any atom is 0.268 e. The predicted octanol–water partition coefficient (Wildman–Crippen LogP) is 5.13. The second-order valence-corrected chi connectivity index (χ2v) is 9.74. The van der Waals surface area contributed by atoms with Gasteiger partial charge < -0.3 is 14.5 Å². The van der Waals surface area contributed by atoms with Crippen molar-refractivity contribution in [1.82, 2.24) is 15.1 Å². The van der Waals surface area contributed by atoms with E-state index < -0.39 is 11.8 Å². The number of anilines is 2. The van der Waals surface area contributed by atoms with Crippen LogP contribution in [0.1, 0.15) is 26.5 Å². The van der Waals surface area contributed by atoms with Crippen LogP contribution < -0.4 is 14.5 Å². The molecular formula is C32H31N5O4. The Morgan fingerprint density at radius 1 is 0.951 bits per heavy atom. The van der Waals surface area contributed by atoms with Crippen molar-refractivity contribution < 1.29 is 19.1 Å². The molecule has 9 heteroatoms. The number of fused-ring (bicyclic) bond motifs is 1. The van der Waals surface area contributed by atoms with Gasteiger partial charge in [0.15, 0.2) is 0 Å². The van der Waals surface area contributed by atoms with Gasteiger partial charge >= 0.3 is 0 Å². The fraction of sp³-hybridized carbons (Fsp3) is 0.188. The number of nitrogens with zero attached hydrogens (tertiary/aromatic N) is 4. The van der Waals surface area contributed by atoms with Crippen molar-refractivity contribution in [3.63, 3.8) is 0 Å². The average Bonchev–Trinajstić information content (AvgIpc) is 3.34. The normalized spacial score (nSPS) is 14.7. The lowest BCUT2D eigenvalue weighted by molar-refractivity contribution is -0.131. The van der Waals surface area contributed by atoms with Crippen LogP contribution in [0.3, 0.4) is 0 Å². The molecule has 1 aliphatic heterocycles. The van der Waals surface area contributed by atoms with Crippen LogP contribution in [-0.2, 0) is 14.4 Å². The third-order valence-electron chi connectivity index (χ3n) is 6.67. The second kappa shape index (κ2) is 11.9. The highest BCUT2D eigenvalue weighted by Crippen LogP contribution is 2.26. The highest BCUT2D eigenvalue weighted by molar-refractivity contribution is 6.28. The van der Waals surface area contributed by atoms with Gasteiger partial charge in [-0.1, -0.05) is 36.4 Å². The molecule has 3 amide bonds. The van der Waals surface area contributed by atoms with Gasteiger partial charge in [-0.15, -0.1) is 0 Å². The molecule has 9 nitrogen and oxygen atoms in total. The summed E-state index contributed by atoms with van der Waals surface area (Å²) in [7, 11) is 0. The molecule has 4 aromatic rings. The molecule has 0 saturated heterocycles. The Balaban J connectivity index is 1.51. The summed E-state index contributed by atoms with van der Waals surface area (Å²) in [5.41, 5.74) is 2.41. The summed E-state index contributed by atoms with van der Waals surface area (Å²) in [5, 5.41) is 7.99. The topological polar surface area (TPSA) is 98.8 Å². The molecule has 0 spiro atoms. The Morgan fingerprint density at radius 3 is 2.37 bits per heavy atom. The maximum atomic E-state index is 13.9. The third kappa shape index (κ3) is 5.74. The van der Waals surface area contributed by atoms with Crippen LogP contribution >= 0.6 is 0 Å². The molecule has 0 bridgehead atoms. The van der Waals surface area contributed by atoms with Crippen molar-refractivity contribution in [3.8, 4) is 5.75 Å². The van der Waals surface area contributed by atoms with Gasteiger partial charge in [0, 0.05) is 35.2 Å². The summed E-state index contributed by atoms with van der Waals surface area (Å²) in [5.74, 6) is -0.696. The van der Waals surface area contributed by atoms with Crippen molar-refractivity contribution in [1.29, 1.82) is 0 Å². The van der Waals surface area contributed by atoms with Gasteiger partial charge in [0.05, 0.1) is 17.8 Å². The summed E-state index contributed by atoms with van der Waals surface area (Å²) in [4.78, 5) is 45.7. The first-order valence-electron chi connectivity index (χ1n) is 13.4. The molecule has 0 fully saturated rings. The van der Waals surface area contributed by atoms with E-state index in [1.807, 2.05) is 87.5 Å². The summed E-state index contributed by atoms with van der Waals surface area (Å²) < 4.78 is 5.53. The number of hydrogen-bond donors (Lipinski definition) is 1. The summed E-state index contributed by atoms with van der Waals surface area (Å²) in [6.45, 7) is 5.99. The van der Waals surface area contributed by atoms with E-state index in [4.69, 9.17) is 4.74 Å². The summed E-state index contributed by atoms with van der Waals surface area (Å²) in [6.07, 6.45) is 4.51. The first kappa shape index (κ1) is 27.4. The number of benzene rings is 3. The SMILES string of the molecule is CCOc1ccc(N(C(=O)CN2C=CN(c3ccccc3)C(=O)/C(=C/c3[nH]nc4ccccc34)C2=O)C(C)C)cc1. The molecule has 5 rings (SSSR count). The molecule has 0 aliphatic carbocycles. The van der Waals surface area contributed by atoms with E-state index in [1.165, 1.54) is 28.3 Å². The standard InChI is InChI=1S/C32H31N5O4/c1-4-41-25-16-14-24(15-17-25)37(22(2)3)30(38)21-35-18-19-36(23-10-6-5-7-11-23)32(40)27(31(35)39)20-29-26-12-8-9-13-28(26)33-34-29/h5-20,22H,4,21H2,1-3H3,(H,33,34)/b27-20+. The minimum Gasteiger partial charge on any atom is -0.494 e. The number of aromatic nitrogens is 2. The number of H-pyrrole nitrogens is 1. The van der Waals surface area contributed by atoms with Crippen molar-refractivity contribution >= 4 is 46.1 Å². The molecule has 1 N–H and O–H groups in total. The fourth-order valence-electron chi connectivity index (χ4n) is 4.75. The van der Waals surface area contributed by atoms with Crippen molar-refractivity contribution in [2.45, 2.75) is 26.8 Å². The number of hydrogen-bond acceptors (Lipinski definition) is 5. The van der Waals surface area contributed by atoms with Crippen molar-refractivity contribution in [2.75, 3.05) is 23.0 Å². The number of rotatable bonds is 8. The smallest absolute Gasteiger partial charge is 0.268 e. The lowest BCUT2D eigenvalue weighted by Gasteiger charge is -2.29. The molecule has 0 radical (unpaired) electrons. The van der Waals surface area contributed by atoms with Crippen LogP contribution in [0.25, 0.3) is 17.0 Å². The van der Waals surface area contributed by atoms with E-state index in [-0.39, 0.29) is 24.1 Å². The molecule has 1 aromatic heterocycles. The van der Waals surface area contributed by atoms with Crippen molar-refractivity contribution in [2.24, 2.45) is 0 Å². The minimum absolute atomic E-state index is 0.0989. The zero-order valence-corrected chi connectivity index (χ0v) is 23.2. The quantitative estimate of drug-likeness (QED) is 0.243. The van der Waals surface area contributed by atoms with Gasteiger partial charge in [-0.25, -0.2) is 0 Å². The largest absolute Gasteiger partial charge is 0.494 e. The fourth-order valence-corrected chi connectivity index (χ4v) is 4.75. The highest BCUT2D eigenvalue weighted by Gasteiger charge is 2.33. The molecule has 0 unspecified atom stereocenters. The van der Waals surface area contributed by atoms with Crippen LogP contribution in [0, 0.1) is 0 Å². The number of aromatic amines is 1. The Kier molecular flexibility index (Phi) is 7.96. The summed E-state index contributed by atoms with van der Waals surface area (Å²) >= 11 is 0. The van der Waals surface area contributed by atoms with E-state index >= 15 is 0 Å². The molecule has 0 saturated carbocycles. The van der Waals surface area contributed by atoms with E-state index in [2.05, 4.69) is 10.2 Å². The van der Waals surface area contributed by atoms with Crippen LogP contribution in [0.5, 0.6) is 5.75 Å². The van der Waals surface area contributed by atoms with E-state index in [0.29, 0.717) is 34.9 Å². The van der Waals surface area contributed by atoms with Crippen LogP contribution in [0.4, 0.5) is 11.4 Å². The molecule has 41 heavy (non-hydrogen) atoms. The number of carbonyl (C=O) groups is 3. The summed E-state index contributed by atoms with van der Waals surface area (Å²) in [6, 6.07) is 23.5. The molecule has 1 aliphatic rings.